The fraction of sp³-hybridized carbons (Fsp3) is 0.188. The van der Waals surface area contributed by atoms with Crippen LogP contribution in [-0.2, 0) is 6.54 Å². The molecule has 0 aliphatic rings. The van der Waals surface area contributed by atoms with Gasteiger partial charge >= 0.3 is 0 Å². The molecule has 0 spiro atoms. The van der Waals surface area contributed by atoms with Crippen LogP contribution in [0, 0.1) is 0 Å². The Balaban J connectivity index is 1.97. The Hall–Kier alpha value is -2.00. The molecule has 102 valence electrons. The number of anilines is 1. The third-order valence-electron chi connectivity index (χ3n) is 3.56. The molecule has 0 aliphatic heterocycles. The van der Waals surface area contributed by atoms with Crippen LogP contribution in [0.2, 0.25) is 5.02 Å². The molecule has 1 unspecified atom stereocenters. The minimum atomic E-state index is 0.367. The molecular weight excluding hydrogens is 270 g/mol. The number of rotatable bonds is 3. The molecule has 0 aliphatic carbocycles. The van der Waals surface area contributed by atoms with E-state index in [0.717, 1.165) is 17.6 Å². The van der Waals surface area contributed by atoms with E-state index in [2.05, 4.69) is 36.2 Å². The molecule has 0 bridgehead atoms. The van der Waals surface area contributed by atoms with Crippen LogP contribution < -0.4 is 5.73 Å². The van der Waals surface area contributed by atoms with Crippen LogP contribution in [0.25, 0.3) is 11.0 Å². The van der Waals surface area contributed by atoms with Crippen molar-refractivity contribution in [1.82, 2.24) is 9.55 Å². The zero-order valence-corrected chi connectivity index (χ0v) is 12.0. The fourth-order valence-corrected chi connectivity index (χ4v) is 2.64. The lowest BCUT2D eigenvalue weighted by Gasteiger charge is -2.14. The van der Waals surface area contributed by atoms with E-state index in [9.17, 15) is 0 Å². The Morgan fingerprint density at radius 2 is 1.95 bits per heavy atom. The quantitative estimate of drug-likeness (QED) is 0.788. The first-order valence-corrected chi connectivity index (χ1v) is 6.99. The highest BCUT2D eigenvalue weighted by molar-refractivity contribution is 6.31. The standard InChI is InChI=1S/C16H16ClN3/c1-11(12-5-3-2-4-6-12)10-20-15-8-7-13(17)9-14(15)19-16(20)18/h2-9,11H,10H2,1H3,(H2,18,19). The largest absolute Gasteiger partial charge is 0.369 e. The number of imidazole rings is 1. The third-order valence-corrected chi connectivity index (χ3v) is 3.80. The van der Waals surface area contributed by atoms with E-state index >= 15 is 0 Å². The maximum absolute atomic E-state index is 6.04. The maximum Gasteiger partial charge on any atom is 0.201 e. The monoisotopic (exact) mass is 285 g/mol. The van der Waals surface area contributed by atoms with Gasteiger partial charge < -0.3 is 10.3 Å². The minimum Gasteiger partial charge on any atom is -0.369 e. The lowest BCUT2D eigenvalue weighted by molar-refractivity contribution is 0.617. The Morgan fingerprint density at radius 3 is 2.70 bits per heavy atom. The molecule has 3 nitrogen and oxygen atoms in total. The van der Waals surface area contributed by atoms with Crippen LogP contribution in [0.1, 0.15) is 18.4 Å². The number of aromatic nitrogens is 2. The molecule has 1 heterocycles. The lowest BCUT2D eigenvalue weighted by Crippen LogP contribution is -2.09. The zero-order chi connectivity index (χ0) is 14.1. The van der Waals surface area contributed by atoms with Crippen LogP contribution in [0.4, 0.5) is 5.95 Å². The molecule has 0 saturated carbocycles. The SMILES string of the molecule is CC(Cn1c(N)nc2cc(Cl)ccc21)c1ccccc1. The molecule has 2 N–H and O–H groups in total. The van der Waals surface area contributed by atoms with Crippen LogP contribution in [0.15, 0.2) is 48.5 Å². The molecule has 4 heteroatoms. The smallest absolute Gasteiger partial charge is 0.201 e. The predicted molar refractivity (Wildman–Crippen MR) is 84.0 cm³/mol. The molecular formula is C16H16ClN3. The summed E-state index contributed by atoms with van der Waals surface area (Å²) >= 11 is 5.99. The molecule has 0 saturated heterocycles. The van der Waals surface area contributed by atoms with E-state index in [0.29, 0.717) is 16.9 Å². The second kappa shape index (κ2) is 5.17. The van der Waals surface area contributed by atoms with E-state index in [-0.39, 0.29) is 0 Å². The highest BCUT2D eigenvalue weighted by Crippen LogP contribution is 2.25. The van der Waals surface area contributed by atoms with Gasteiger partial charge in [0, 0.05) is 11.6 Å². The molecule has 0 radical (unpaired) electrons. The second-order valence-electron chi connectivity index (χ2n) is 5.03. The normalized spacial score (nSPS) is 12.7. The minimum absolute atomic E-state index is 0.367. The zero-order valence-electron chi connectivity index (χ0n) is 11.3. The Morgan fingerprint density at radius 1 is 1.20 bits per heavy atom. The van der Waals surface area contributed by atoms with Crippen molar-refractivity contribution in [2.45, 2.75) is 19.4 Å². The Kier molecular flexibility index (Phi) is 3.36. The average Bonchev–Trinajstić information content (AvgIpc) is 2.75. The van der Waals surface area contributed by atoms with Gasteiger partial charge in [-0.15, -0.1) is 0 Å². The summed E-state index contributed by atoms with van der Waals surface area (Å²) in [5, 5.41) is 0.679. The summed E-state index contributed by atoms with van der Waals surface area (Å²) in [6, 6.07) is 16.1. The van der Waals surface area contributed by atoms with Gasteiger partial charge in [0.25, 0.3) is 0 Å². The van der Waals surface area contributed by atoms with Crippen molar-refractivity contribution in [2.75, 3.05) is 5.73 Å². The van der Waals surface area contributed by atoms with Gasteiger partial charge in [-0.05, 0) is 29.7 Å². The van der Waals surface area contributed by atoms with Crippen molar-refractivity contribution in [3.8, 4) is 0 Å². The number of benzene rings is 2. The number of nitrogens with zero attached hydrogens (tertiary/aromatic N) is 2. The van der Waals surface area contributed by atoms with Crippen molar-refractivity contribution >= 4 is 28.6 Å². The summed E-state index contributed by atoms with van der Waals surface area (Å²) in [4.78, 5) is 4.38. The van der Waals surface area contributed by atoms with E-state index in [1.54, 1.807) is 0 Å². The van der Waals surface area contributed by atoms with Crippen LogP contribution in [0.3, 0.4) is 0 Å². The van der Waals surface area contributed by atoms with Gasteiger partial charge in [0.1, 0.15) is 0 Å². The summed E-state index contributed by atoms with van der Waals surface area (Å²) in [7, 11) is 0. The molecule has 2 aromatic carbocycles. The molecule has 20 heavy (non-hydrogen) atoms. The van der Waals surface area contributed by atoms with Gasteiger partial charge in [0.2, 0.25) is 5.95 Å². The van der Waals surface area contributed by atoms with Crippen LogP contribution in [-0.4, -0.2) is 9.55 Å². The van der Waals surface area contributed by atoms with E-state index in [4.69, 9.17) is 17.3 Å². The number of hydrogen-bond acceptors (Lipinski definition) is 2. The van der Waals surface area contributed by atoms with Gasteiger partial charge in [0.15, 0.2) is 0 Å². The third kappa shape index (κ3) is 2.37. The van der Waals surface area contributed by atoms with Gasteiger partial charge in [-0.3, -0.25) is 0 Å². The fourth-order valence-electron chi connectivity index (χ4n) is 2.47. The number of nitrogens with two attached hydrogens (primary N) is 1. The van der Waals surface area contributed by atoms with E-state index in [1.807, 2.05) is 28.8 Å². The van der Waals surface area contributed by atoms with Crippen molar-refractivity contribution < 1.29 is 0 Å². The topological polar surface area (TPSA) is 43.8 Å². The summed E-state index contributed by atoms with van der Waals surface area (Å²) in [6.45, 7) is 2.99. The van der Waals surface area contributed by atoms with Crippen molar-refractivity contribution in [3.05, 3.63) is 59.1 Å². The Bertz CT molecular complexity index is 734. The number of fused-ring (bicyclic) bond motifs is 1. The van der Waals surface area contributed by atoms with Crippen molar-refractivity contribution in [3.63, 3.8) is 0 Å². The Labute approximate surface area is 123 Å². The summed E-state index contributed by atoms with van der Waals surface area (Å²) in [5.41, 5.74) is 9.20. The number of halogens is 1. The highest BCUT2D eigenvalue weighted by Gasteiger charge is 2.12. The molecule has 0 fully saturated rings. The highest BCUT2D eigenvalue weighted by atomic mass is 35.5. The predicted octanol–water partition coefficient (Wildman–Crippen LogP) is 4.08. The molecule has 0 amide bonds. The molecule has 3 aromatic rings. The second-order valence-corrected chi connectivity index (χ2v) is 5.46. The average molecular weight is 286 g/mol. The molecule has 1 aromatic heterocycles. The van der Waals surface area contributed by atoms with E-state index in [1.165, 1.54) is 5.56 Å². The lowest BCUT2D eigenvalue weighted by atomic mass is 10.0. The first-order chi connectivity index (χ1) is 9.65. The molecule has 3 rings (SSSR count). The summed E-state index contributed by atoms with van der Waals surface area (Å²) in [6.07, 6.45) is 0. The van der Waals surface area contributed by atoms with Gasteiger partial charge in [-0.1, -0.05) is 48.9 Å². The summed E-state index contributed by atoms with van der Waals surface area (Å²) < 4.78 is 2.04. The van der Waals surface area contributed by atoms with Crippen LogP contribution >= 0.6 is 11.6 Å². The van der Waals surface area contributed by atoms with E-state index < -0.39 is 0 Å². The molecule has 1 atom stereocenters. The van der Waals surface area contributed by atoms with Gasteiger partial charge in [-0.25, -0.2) is 4.98 Å². The number of hydrogen-bond donors (Lipinski definition) is 1. The first kappa shape index (κ1) is 13.0. The van der Waals surface area contributed by atoms with Gasteiger partial charge in [0.05, 0.1) is 11.0 Å². The summed E-state index contributed by atoms with van der Waals surface area (Å²) in [5.74, 6) is 0.900. The van der Waals surface area contributed by atoms with Crippen LogP contribution in [0.5, 0.6) is 0 Å². The van der Waals surface area contributed by atoms with Gasteiger partial charge in [-0.2, -0.15) is 0 Å². The van der Waals surface area contributed by atoms with Crippen molar-refractivity contribution in [1.29, 1.82) is 0 Å². The van der Waals surface area contributed by atoms with Crippen molar-refractivity contribution in [2.24, 2.45) is 0 Å². The maximum atomic E-state index is 6.04. The first-order valence-electron chi connectivity index (χ1n) is 6.61. The number of nitrogen functional groups attached to an aromatic ring is 1.